The molecule has 1 fully saturated rings. The molecule has 1 saturated heterocycles. The lowest BCUT2D eigenvalue weighted by atomic mass is 10.1. The SMILES string of the molecule is CCc1ccnc(N2CC(C(=O)O)CC2=O)c1. The third-order valence-corrected chi connectivity index (χ3v) is 2.97. The van der Waals surface area contributed by atoms with Gasteiger partial charge in [-0.3, -0.25) is 14.5 Å². The molecule has 2 rings (SSSR count). The van der Waals surface area contributed by atoms with Crippen molar-refractivity contribution < 1.29 is 14.7 Å². The van der Waals surface area contributed by atoms with Gasteiger partial charge in [-0.15, -0.1) is 0 Å². The topological polar surface area (TPSA) is 70.5 Å². The summed E-state index contributed by atoms with van der Waals surface area (Å²) in [5.41, 5.74) is 1.08. The van der Waals surface area contributed by atoms with E-state index in [9.17, 15) is 9.59 Å². The first-order chi connectivity index (χ1) is 8.11. The molecule has 5 heteroatoms. The lowest BCUT2D eigenvalue weighted by molar-refractivity contribution is -0.141. The fourth-order valence-electron chi connectivity index (χ4n) is 1.92. The highest BCUT2D eigenvalue weighted by atomic mass is 16.4. The molecule has 0 aliphatic carbocycles. The summed E-state index contributed by atoms with van der Waals surface area (Å²) < 4.78 is 0. The van der Waals surface area contributed by atoms with E-state index in [0.717, 1.165) is 12.0 Å². The number of hydrogen-bond acceptors (Lipinski definition) is 3. The molecule has 1 aromatic heterocycles. The van der Waals surface area contributed by atoms with Crippen LogP contribution in [0, 0.1) is 5.92 Å². The Morgan fingerprint density at radius 3 is 3.00 bits per heavy atom. The minimum absolute atomic E-state index is 0.0629. The molecule has 0 saturated carbocycles. The van der Waals surface area contributed by atoms with Gasteiger partial charge < -0.3 is 5.11 Å². The van der Waals surface area contributed by atoms with E-state index in [1.165, 1.54) is 4.90 Å². The highest BCUT2D eigenvalue weighted by Crippen LogP contribution is 2.24. The van der Waals surface area contributed by atoms with E-state index >= 15 is 0 Å². The van der Waals surface area contributed by atoms with E-state index in [0.29, 0.717) is 5.82 Å². The zero-order chi connectivity index (χ0) is 12.4. The number of aliphatic carboxylic acids is 1. The van der Waals surface area contributed by atoms with Gasteiger partial charge in [0.15, 0.2) is 0 Å². The number of aromatic nitrogens is 1. The highest BCUT2D eigenvalue weighted by Gasteiger charge is 2.35. The van der Waals surface area contributed by atoms with Crippen molar-refractivity contribution in [2.24, 2.45) is 5.92 Å². The van der Waals surface area contributed by atoms with E-state index in [1.54, 1.807) is 6.20 Å². The van der Waals surface area contributed by atoms with E-state index in [2.05, 4.69) is 4.98 Å². The van der Waals surface area contributed by atoms with Gasteiger partial charge in [0.05, 0.1) is 5.92 Å². The zero-order valence-electron chi connectivity index (χ0n) is 9.59. The van der Waals surface area contributed by atoms with Crippen LogP contribution in [-0.2, 0) is 16.0 Å². The molecule has 0 radical (unpaired) electrons. The van der Waals surface area contributed by atoms with Crippen molar-refractivity contribution in [3.63, 3.8) is 0 Å². The first-order valence-corrected chi connectivity index (χ1v) is 5.60. The van der Waals surface area contributed by atoms with E-state index < -0.39 is 11.9 Å². The van der Waals surface area contributed by atoms with Crippen LogP contribution >= 0.6 is 0 Å². The van der Waals surface area contributed by atoms with Crippen LogP contribution in [-0.4, -0.2) is 28.5 Å². The normalized spacial score (nSPS) is 19.7. The number of aryl methyl sites for hydroxylation is 1. The highest BCUT2D eigenvalue weighted by molar-refractivity contribution is 5.98. The molecular weight excluding hydrogens is 220 g/mol. The van der Waals surface area contributed by atoms with Gasteiger partial charge in [-0.1, -0.05) is 6.92 Å². The fraction of sp³-hybridized carbons (Fsp3) is 0.417. The monoisotopic (exact) mass is 234 g/mol. The number of carboxylic acids is 1. The fourth-order valence-corrected chi connectivity index (χ4v) is 1.92. The Labute approximate surface area is 99.1 Å². The van der Waals surface area contributed by atoms with Crippen LogP contribution in [0.4, 0.5) is 5.82 Å². The first kappa shape index (κ1) is 11.6. The number of carbonyl (C=O) groups is 2. The van der Waals surface area contributed by atoms with Crippen LogP contribution in [0.5, 0.6) is 0 Å². The van der Waals surface area contributed by atoms with Gasteiger partial charge in [-0.2, -0.15) is 0 Å². The molecule has 1 aromatic rings. The summed E-state index contributed by atoms with van der Waals surface area (Å²) in [4.78, 5) is 28.1. The van der Waals surface area contributed by atoms with Gasteiger partial charge in [0, 0.05) is 19.2 Å². The van der Waals surface area contributed by atoms with Crippen LogP contribution in [0.1, 0.15) is 18.9 Å². The average molecular weight is 234 g/mol. The predicted molar refractivity (Wildman–Crippen MR) is 61.7 cm³/mol. The maximum Gasteiger partial charge on any atom is 0.308 e. The third-order valence-electron chi connectivity index (χ3n) is 2.97. The van der Waals surface area contributed by atoms with Crippen molar-refractivity contribution in [3.8, 4) is 0 Å². The number of amides is 1. The number of carboxylic acid groups (broad SMARTS) is 1. The molecule has 1 amide bonds. The molecule has 2 heterocycles. The first-order valence-electron chi connectivity index (χ1n) is 5.60. The number of anilines is 1. The van der Waals surface area contributed by atoms with Crippen LogP contribution in [0.2, 0.25) is 0 Å². The van der Waals surface area contributed by atoms with Crippen molar-refractivity contribution in [2.75, 3.05) is 11.4 Å². The van der Waals surface area contributed by atoms with E-state index in [-0.39, 0.29) is 18.9 Å². The van der Waals surface area contributed by atoms with Crippen LogP contribution in [0.3, 0.4) is 0 Å². The maximum atomic E-state index is 11.7. The van der Waals surface area contributed by atoms with Crippen molar-refractivity contribution in [1.82, 2.24) is 4.98 Å². The zero-order valence-corrected chi connectivity index (χ0v) is 9.59. The van der Waals surface area contributed by atoms with E-state index in [1.807, 2.05) is 19.1 Å². The van der Waals surface area contributed by atoms with Crippen LogP contribution in [0.15, 0.2) is 18.3 Å². The second-order valence-corrected chi connectivity index (χ2v) is 4.12. The molecule has 1 aliphatic heterocycles. The Bertz CT molecular complexity index is 459. The quantitative estimate of drug-likeness (QED) is 0.849. The van der Waals surface area contributed by atoms with Gasteiger partial charge in [0.2, 0.25) is 5.91 Å². The number of rotatable bonds is 3. The molecule has 1 N–H and O–H groups in total. The number of carbonyl (C=O) groups excluding carboxylic acids is 1. The van der Waals surface area contributed by atoms with Gasteiger partial charge in [0.1, 0.15) is 5.82 Å². The molecule has 1 aliphatic rings. The molecule has 17 heavy (non-hydrogen) atoms. The molecule has 90 valence electrons. The van der Waals surface area contributed by atoms with Crippen molar-refractivity contribution >= 4 is 17.7 Å². The summed E-state index contributed by atoms with van der Waals surface area (Å²) in [6, 6.07) is 3.72. The molecular formula is C12H14N2O3. The lowest BCUT2D eigenvalue weighted by Gasteiger charge is -2.15. The van der Waals surface area contributed by atoms with Crippen molar-refractivity contribution in [2.45, 2.75) is 19.8 Å². The summed E-state index contributed by atoms with van der Waals surface area (Å²) >= 11 is 0. The Morgan fingerprint density at radius 2 is 2.41 bits per heavy atom. The van der Waals surface area contributed by atoms with E-state index in [4.69, 9.17) is 5.11 Å². The third kappa shape index (κ3) is 2.27. The number of nitrogens with zero attached hydrogens (tertiary/aromatic N) is 2. The van der Waals surface area contributed by atoms with Crippen LogP contribution < -0.4 is 4.90 Å². The Kier molecular flexibility index (Phi) is 3.08. The molecule has 1 unspecified atom stereocenters. The smallest absolute Gasteiger partial charge is 0.308 e. The van der Waals surface area contributed by atoms with Gasteiger partial charge in [-0.05, 0) is 24.1 Å². The molecule has 0 bridgehead atoms. The minimum Gasteiger partial charge on any atom is -0.481 e. The second-order valence-electron chi connectivity index (χ2n) is 4.12. The maximum absolute atomic E-state index is 11.7. The largest absolute Gasteiger partial charge is 0.481 e. The molecule has 1 atom stereocenters. The second kappa shape index (κ2) is 4.53. The Morgan fingerprint density at radius 1 is 1.65 bits per heavy atom. The molecule has 0 aromatic carbocycles. The van der Waals surface area contributed by atoms with Gasteiger partial charge in [0.25, 0.3) is 0 Å². The Balaban J connectivity index is 2.22. The minimum atomic E-state index is -0.924. The molecule has 5 nitrogen and oxygen atoms in total. The average Bonchev–Trinajstić information content (AvgIpc) is 2.72. The van der Waals surface area contributed by atoms with Gasteiger partial charge >= 0.3 is 5.97 Å². The standard InChI is InChI=1S/C12H14N2O3/c1-2-8-3-4-13-10(5-8)14-7-9(12(16)17)6-11(14)15/h3-5,9H,2,6-7H2,1H3,(H,16,17). The summed E-state index contributed by atoms with van der Waals surface area (Å²) in [7, 11) is 0. The van der Waals surface area contributed by atoms with Crippen LogP contribution in [0.25, 0.3) is 0 Å². The summed E-state index contributed by atoms with van der Waals surface area (Å²) in [5, 5.41) is 8.90. The molecule has 0 spiro atoms. The summed E-state index contributed by atoms with van der Waals surface area (Å²) in [5.74, 6) is -1.15. The Hall–Kier alpha value is -1.91. The van der Waals surface area contributed by atoms with Crippen molar-refractivity contribution in [1.29, 1.82) is 0 Å². The summed E-state index contributed by atoms with van der Waals surface area (Å²) in [6.45, 7) is 2.24. The van der Waals surface area contributed by atoms with Crippen molar-refractivity contribution in [3.05, 3.63) is 23.9 Å². The van der Waals surface area contributed by atoms with Gasteiger partial charge in [-0.25, -0.2) is 4.98 Å². The summed E-state index contributed by atoms with van der Waals surface area (Å²) in [6.07, 6.45) is 2.57. The predicted octanol–water partition coefficient (Wildman–Crippen LogP) is 1.08. The number of pyridine rings is 1. The lowest BCUT2D eigenvalue weighted by Crippen LogP contribution is -2.26. The number of hydrogen-bond donors (Lipinski definition) is 1.